The lowest BCUT2D eigenvalue weighted by atomic mass is 10.4. The first-order valence-electron chi connectivity index (χ1n) is 3.30. The zero-order valence-corrected chi connectivity index (χ0v) is 5.92. The molecule has 0 atom stereocenters. The van der Waals surface area contributed by atoms with Crippen LogP contribution in [0.1, 0.15) is 12.8 Å². The highest BCUT2D eigenvalue weighted by Crippen LogP contribution is 2.27. The normalized spacial score (nSPS) is 16.5. The minimum Gasteiger partial charge on any atom is -0.436 e. The number of hydroxylamine groups is 1. The lowest BCUT2D eigenvalue weighted by Crippen LogP contribution is -2.21. The molecule has 0 amide bonds. The van der Waals surface area contributed by atoms with Crippen LogP contribution >= 0.6 is 0 Å². The van der Waals surface area contributed by atoms with Gasteiger partial charge in [-0.1, -0.05) is 0 Å². The Hall–Kier alpha value is -0.770. The standard InChI is InChI=1S/C6H11NO3/c1-9-6(8)10-7-4-5-2-3-5/h5,7H,2-4H2,1H3. The van der Waals surface area contributed by atoms with E-state index < -0.39 is 6.16 Å². The van der Waals surface area contributed by atoms with Gasteiger partial charge < -0.3 is 9.57 Å². The van der Waals surface area contributed by atoms with Crippen molar-refractivity contribution in [3.05, 3.63) is 0 Å². The lowest BCUT2D eigenvalue weighted by Gasteiger charge is -2.01. The second-order valence-corrected chi connectivity index (χ2v) is 2.35. The number of nitrogens with one attached hydrogen (secondary N) is 1. The molecule has 1 rings (SSSR count). The number of methoxy groups -OCH3 is 1. The van der Waals surface area contributed by atoms with Crippen LogP contribution in [0.2, 0.25) is 0 Å². The van der Waals surface area contributed by atoms with Crippen molar-refractivity contribution in [3.63, 3.8) is 0 Å². The minimum absolute atomic E-state index is 0.680. The maximum absolute atomic E-state index is 10.3. The molecule has 4 heteroatoms. The molecule has 0 radical (unpaired) electrons. The Kier molecular flexibility index (Phi) is 2.50. The van der Waals surface area contributed by atoms with Crippen LogP contribution in [0.5, 0.6) is 0 Å². The molecule has 1 fully saturated rings. The molecular formula is C6H11NO3. The first-order chi connectivity index (χ1) is 4.83. The maximum atomic E-state index is 10.3. The summed E-state index contributed by atoms with van der Waals surface area (Å²) in [4.78, 5) is 14.7. The van der Waals surface area contributed by atoms with Gasteiger partial charge in [0, 0.05) is 6.54 Å². The Balaban J connectivity index is 1.88. The van der Waals surface area contributed by atoms with Gasteiger partial charge in [0.05, 0.1) is 7.11 Å². The molecule has 4 nitrogen and oxygen atoms in total. The SMILES string of the molecule is COC(=O)ONCC1CC1. The van der Waals surface area contributed by atoms with Crippen LogP contribution in [0, 0.1) is 5.92 Å². The summed E-state index contributed by atoms with van der Waals surface area (Å²) >= 11 is 0. The monoisotopic (exact) mass is 145 g/mol. The largest absolute Gasteiger partial charge is 0.527 e. The van der Waals surface area contributed by atoms with Crippen molar-refractivity contribution in [2.24, 2.45) is 5.92 Å². The Morgan fingerprint density at radius 3 is 2.90 bits per heavy atom. The van der Waals surface area contributed by atoms with Crippen molar-refractivity contribution in [1.29, 1.82) is 0 Å². The lowest BCUT2D eigenvalue weighted by molar-refractivity contribution is 0.0284. The Labute approximate surface area is 59.5 Å². The molecule has 0 saturated heterocycles. The van der Waals surface area contributed by atoms with E-state index in [0.717, 1.165) is 6.54 Å². The molecule has 0 unspecified atom stereocenters. The Morgan fingerprint density at radius 2 is 2.40 bits per heavy atom. The van der Waals surface area contributed by atoms with Crippen molar-refractivity contribution in [2.75, 3.05) is 13.7 Å². The molecule has 10 heavy (non-hydrogen) atoms. The van der Waals surface area contributed by atoms with Crippen LogP contribution in [0.25, 0.3) is 0 Å². The van der Waals surface area contributed by atoms with E-state index in [-0.39, 0.29) is 0 Å². The van der Waals surface area contributed by atoms with E-state index in [1.807, 2.05) is 0 Å². The van der Waals surface area contributed by atoms with E-state index in [2.05, 4.69) is 15.1 Å². The summed E-state index contributed by atoms with van der Waals surface area (Å²) in [6.45, 7) is 0.745. The first-order valence-corrected chi connectivity index (χ1v) is 3.30. The van der Waals surface area contributed by atoms with Crippen molar-refractivity contribution in [2.45, 2.75) is 12.8 Å². The fraction of sp³-hybridized carbons (Fsp3) is 0.833. The second kappa shape index (κ2) is 3.41. The van der Waals surface area contributed by atoms with E-state index in [0.29, 0.717) is 5.92 Å². The summed E-state index contributed by atoms with van der Waals surface area (Å²) in [7, 11) is 1.28. The van der Waals surface area contributed by atoms with Crippen molar-refractivity contribution in [3.8, 4) is 0 Å². The van der Waals surface area contributed by atoms with Crippen LogP contribution in [-0.2, 0) is 9.57 Å². The fourth-order valence-corrected chi connectivity index (χ4v) is 0.582. The summed E-state index contributed by atoms with van der Waals surface area (Å²) in [6.07, 6.45) is 1.79. The quantitative estimate of drug-likeness (QED) is 0.468. The van der Waals surface area contributed by atoms with Crippen LogP contribution in [-0.4, -0.2) is 19.8 Å². The third kappa shape index (κ3) is 2.68. The molecule has 0 heterocycles. The number of hydrogen-bond acceptors (Lipinski definition) is 4. The van der Waals surface area contributed by atoms with Gasteiger partial charge in [-0.15, -0.1) is 5.48 Å². The number of rotatable bonds is 3. The van der Waals surface area contributed by atoms with E-state index in [9.17, 15) is 4.79 Å². The molecule has 0 aromatic carbocycles. The Morgan fingerprint density at radius 1 is 1.70 bits per heavy atom. The zero-order chi connectivity index (χ0) is 7.40. The van der Waals surface area contributed by atoms with Crippen LogP contribution in [0.4, 0.5) is 4.79 Å². The van der Waals surface area contributed by atoms with E-state index >= 15 is 0 Å². The fourth-order valence-electron chi connectivity index (χ4n) is 0.582. The molecule has 0 bridgehead atoms. The van der Waals surface area contributed by atoms with E-state index in [1.165, 1.54) is 20.0 Å². The third-order valence-electron chi connectivity index (χ3n) is 1.39. The second-order valence-electron chi connectivity index (χ2n) is 2.35. The highest BCUT2D eigenvalue weighted by atomic mass is 16.8. The maximum Gasteiger partial charge on any atom is 0.527 e. The smallest absolute Gasteiger partial charge is 0.436 e. The molecule has 0 aliphatic heterocycles. The number of ether oxygens (including phenoxy) is 1. The minimum atomic E-state index is -0.680. The highest BCUT2D eigenvalue weighted by molar-refractivity contribution is 5.59. The molecular weight excluding hydrogens is 134 g/mol. The number of carbonyl (C=O) groups is 1. The molecule has 58 valence electrons. The van der Waals surface area contributed by atoms with Gasteiger partial charge in [0.1, 0.15) is 0 Å². The van der Waals surface area contributed by atoms with Gasteiger partial charge in [-0.3, -0.25) is 0 Å². The van der Waals surface area contributed by atoms with Gasteiger partial charge in [-0.25, -0.2) is 4.79 Å². The molecule has 0 aromatic heterocycles. The average Bonchev–Trinajstić information content (AvgIpc) is 2.71. The van der Waals surface area contributed by atoms with Crippen molar-refractivity contribution >= 4 is 6.16 Å². The van der Waals surface area contributed by atoms with Gasteiger partial charge >= 0.3 is 6.16 Å². The summed E-state index contributed by atoms with van der Waals surface area (Å²) in [5, 5.41) is 0. The predicted molar refractivity (Wildman–Crippen MR) is 34.2 cm³/mol. The molecule has 1 N–H and O–H groups in total. The Bertz CT molecular complexity index is 122. The third-order valence-corrected chi connectivity index (χ3v) is 1.39. The van der Waals surface area contributed by atoms with E-state index in [1.54, 1.807) is 0 Å². The average molecular weight is 145 g/mol. The molecule has 0 spiro atoms. The molecule has 0 aromatic rings. The number of hydrogen-bond donors (Lipinski definition) is 1. The van der Waals surface area contributed by atoms with Crippen LogP contribution in [0.3, 0.4) is 0 Å². The van der Waals surface area contributed by atoms with Crippen LogP contribution < -0.4 is 5.48 Å². The molecule has 1 aliphatic rings. The van der Waals surface area contributed by atoms with Gasteiger partial charge in [0.15, 0.2) is 0 Å². The van der Waals surface area contributed by atoms with Crippen molar-refractivity contribution < 1.29 is 14.4 Å². The first kappa shape index (κ1) is 7.34. The molecule has 1 saturated carbocycles. The summed E-state index contributed by atoms with van der Waals surface area (Å²) in [5.41, 5.74) is 2.52. The summed E-state index contributed by atoms with van der Waals surface area (Å²) in [5.74, 6) is 0.699. The van der Waals surface area contributed by atoms with Gasteiger partial charge in [0.2, 0.25) is 0 Å². The van der Waals surface area contributed by atoms with Gasteiger partial charge in [-0.05, 0) is 18.8 Å². The number of carbonyl (C=O) groups excluding carboxylic acids is 1. The zero-order valence-electron chi connectivity index (χ0n) is 5.92. The molecule has 1 aliphatic carbocycles. The predicted octanol–water partition coefficient (Wildman–Crippen LogP) is 0.684. The summed E-state index contributed by atoms with van der Waals surface area (Å²) in [6, 6.07) is 0. The summed E-state index contributed by atoms with van der Waals surface area (Å²) < 4.78 is 4.23. The topological polar surface area (TPSA) is 47.6 Å². The van der Waals surface area contributed by atoms with Crippen LogP contribution in [0.15, 0.2) is 0 Å². The highest BCUT2D eigenvalue weighted by Gasteiger charge is 2.21. The van der Waals surface area contributed by atoms with Crippen molar-refractivity contribution in [1.82, 2.24) is 5.48 Å². The van der Waals surface area contributed by atoms with E-state index in [4.69, 9.17) is 0 Å². The van der Waals surface area contributed by atoms with Gasteiger partial charge in [0.25, 0.3) is 0 Å². The van der Waals surface area contributed by atoms with Gasteiger partial charge in [-0.2, -0.15) is 0 Å².